The van der Waals surface area contributed by atoms with Gasteiger partial charge in [0.15, 0.2) is 5.75 Å². The molecule has 4 aromatic carbocycles. The Kier molecular flexibility index (Phi) is 6.13. The fraction of sp³-hybridized carbons (Fsp3) is 0.0968. The van der Waals surface area contributed by atoms with Crippen molar-refractivity contribution in [2.45, 2.75) is 17.9 Å². The number of carbonyl (C=O) groups is 1. The van der Waals surface area contributed by atoms with Gasteiger partial charge >= 0.3 is 0 Å². The van der Waals surface area contributed by atoms with Crippen LogP contribution in [0.25, 0.3) is 10.9 Å². The molecule has 0 fully saturated rings. The maximum absolute atomic E-state index is 13.5. The number of rotatable bonds is 7. The Morgan fingerprint density at radius 3 is 2.28 bits per heavy atom. The van der Waals surface area contributed by atoms with Gasteiger partial charge in [-0.1, -0.05) is 72.3 Å². The molecule has 7 nitrogen and oxygen atoms in total. The number of ketones is 1. The number of para-hydroxylation sites is 2. The second-order valence-corrected chi connectivity index (χ2v) is 11.2. The van der Waals surface area contributed by atoms with Gasteiger partial charge in [-0.05, 0) is 48.9 Å². The lowest BCUT2D eigenvalue weighted by Crippen LogP contribution is -2.33. The molecule has 1 aliphatic heterocycles. The van der Waals surface area contributed by atoms with Gasteiger partial charge in [0.05, 0.1) is 22.1 Å². The molecule has 1 atom stereocenters. The third-order valence-electron chi connectivity index (χ3n) is 7.00. The van der Waals surface area contributed by atoms with Crippen LogP contribution in [-0.2, 0) is 10.0 Å². The van der Waals surface area contributed by atoms with E-state index in [4.69, 9.17) is 0 Å². The number of hydrogen-bond acceptors (Lipinski definition) is 5. The number of aromatic hydroxyl groups is 1. The molecule has 0 saturated carbocycles. The number of benzene rings is 4. The van der Waals surface area contributed by atoms with Crippen LogP contribution in [0.5, 0.6) is 5.75 Å². The standard InChI is InChI=1S/C31H25N3O4S/c1-20-15-17-22(18-16-20)39(37,38)32-19-27(21-9-3-2-4-10-21)34-26-14-8-6-12-24(26)31(36)29(34)28-30(35)23-11-5-7-13-25(23)33-28/h2-18,27,32,36H,19H2,1H3/t27-/m0/s1. The van der Waals surface area contributed by atoms with Crippen molar-refractivity contribution in [2.24, 2.45) is 4.99 Å². The van der Waals surface area contributed by atoms with Crippen LogP contribution in [0, 0.1) is 6.92 Å². The summed E-state index contributed by atoms with van der Waals surface area (Å²) in [5.74, 6) is -0.371. The van der Waals surface area contributed by atoms with Crippen LogP contribution in [0.4, 0.5) is 5.69 Å². The number of aromatic nitrogens is 1. The summed E-state index contributed by atoms with van der Waals surface area (Å²) in [6.07, 6.45) is 0. The Morgan fingerprint density at radius 2 is 1.54 bits per heavy atom. The van der Waals surface area contributed by atoms with E-state index in [1.165, 1.54) is 0 Å². The third kappa shape index (κ3) is 4.33. The summed E-state index contributed by atoms with van der Waals surface area (Å²) in [4.78, 5) is 18.3. The van der Waals surface area contributed by atoms with Gasteiger partial charge in [-0.25, -0.2) is 18.1 Å². The minimum atomic E-state index is -3.84. The minimum Gasteiger partial charge on any atom is -0.505 e. The molecule has 8 heteroatoms. The molecule has 2 heterocycles. The van der Waals surface area contributed by atoms with Crippen molar-refractivity contribution in [1.29, 1.82) is 0 Å². The smallest absolute Gasteiger partial charge is 0.240 e. The first-order valence-electron chi connectivity index (χ1n) is 12.5. The molecule has 194 valence electrons. The molecule has 0 amide bonds. The van der Waals surface area contributed by atoms with Gasteiger partial charge in [0.25, 0.3) is 0 Å². The predicted molar refractivity (Wildman–Crippen MR) is 152 cm³/mol. The molecule has 2 N–H and O–H groups in total. The maximum atomic E-state index is 13.5. The van der Waals surface area contributed by atoms with Crippen LogP contribution in [0.3, 0.4) is 0 Å². The Balaban J connectivity index is 1.52. The Morgan fingerprint density at radius 1 is 0.872 bits per heavy atom. The zero-order valence-electron chi connectivity index (χ0n) is 21.1. The molecule has 0 unspecified atom stereocenters. The number of carbonyl (C=O) groups excluding carboxylic acids is 1. The number of aryl methyl sites for hydroxylation is 1. The topological polar surface area (TPSA) is 101 Å². The first-order chi connectivity index (χ1) is 18.8. The highest BCUT2D eigenvalue weighted by Gasteiger charge is 2.34. The van der Waals surface area contributed by atoms with E-state index in [9.17, 15) is 18.3 Å². The highest BCUT2D eigenvalue weighted by Crippen LogP contribution is 2.40. The Labute approximate surface area is 226 Å². The predicted octanol–water partition coefficient (Wildman–Crippen LogP) is 5.54. The normalized spacial score (nSPS) is 13.9. The fourth-order valence-corrected chi connectivity index (χ4v) is 6.08. The van der Waals surface area contributed by atoms with Crippen LogP contribution in [-0.4, -0.2) is 36.1 Å². The molecule has 0 saturated heterocycles. The summed E-state index contributed by atoms with van der Waals surface area (Å²) in [5.41, 5.74) is 3.77. The van der Waals surface area contributed by atoms with Gasteiger partial charge < -0.3 is 9.67 Å². The van der Waals surface area contributed by atoms with Crippen LogP contribution in [0.2, 0.25) is 0 Å². The fourth-order valence-electron chi connectivity index (χ4n) is 5.04. The Bertz CT molecular complexity index is 1860. The lowest BCUT2D eigenvalue weighted by Gasteiger charge is -2.24. The number of nitrogens with one attached hydrogen (secondary N) is 1. The summed E-state index contributed by atoms with van der Waals surface area (Å²) in [6, 6.07) is 29.8. The number of hydrogen-bond donors (Lipinski definition) is 2. The molecule has 1 aliphatic rings. The van der Waals surface area contributed by atoms with E-state index in [0.29, 0.717) is 22.2 Å². The second kappa shape index (κ2) is 9.65. The summed E-state index contributed by atoms with van der Waals surface area (Å²) < 4.78 is 31.1. The molecule has 0 aliphatic carbocycles. The molecule has 6 rings (SSSR count). The van der Waals surface area contributed by atoms with Gasteiger partial charge in [0.2, 0.25) is 15.8 Å². The first-order valence-corrected chi connectivity index (χ1v) is 14.0. The molecule has 1 aromatic heterocycles. The van der Waals surface area contributed by atoms with Gasteiger partial charge in [0, 0.05) is 17.5 Å². The van der Waals surface area contributed by atoms with Crippen molar-refractivity contribution in [3.8, 4) is 5.75 Å². The van der Waals surface area contributed by atoms with Gasteiger partial charge in [-0.3, -0.25) is 4.79 Å². The molecule has 5 aromatic rings. The highest BCUT2D eigenvalue weighted by atomic mass is 32.2. The van der Waals surface area contributed by atoms with Crippen LogP contribution in [0.1, 0.15) is 33.2 Å². The average Bonchev–Trinajstić information content (AvgIpc) is 3.43. The maximum Gasteiger partial charge on any atom is 0.240 e. The van der Waals surface area contributed by atoms with Crippen molar-refractivity contribution in [3.63, 3.8) is 0 Å². The molecule has 0 radical (unpaired) electrons. The third-order valence-corrected chi connectivity index (χ3v) is 8.44. The molecular formula is C31H25N3O4S. The zero-order valence-corrected chi connectivity index (χ0v) is 21.9. The molecular weight excluding hydrogens is 510 g/mol. The van der Waals surface area contributed by atoms with E-state index in [0.717, 1.165) is 11.1 Å². The van der Waals surface area contributed by atoms with Crippen molar-refractivity contribution in [3.05, 3.63) is 126 Å². The summed E-state index contributed by atoms with van der Waals surface area (Å²) in [6.45, 7) is 1.87. The van der Waals surface area contributed by atoms with Crippen LogP contribution in [0.15, 0.2) is 113 Å². The van der Waals surface area contributed by atoms with Crippen LogP contribution >= 0.6 is 0 Å². The number of fused-ring (bicyclic) bond motifs is 2. The van der Waals surface area contributed by atoms with Crippen molar-refractivity contribution < 1.29 is 18.3 Å². The quantitative estimate of drug-likeness (QED) is 0.286. The zero-order chi connectivity index (χ0) is 27.1. The molecule has 39 heavy (non-hydrogen) atoms. The van der Waals surface area contributed by atoms with Crippen molar-refractivity contribution in [1.82, 2.24) is 9.29 Å². The second-order valence-electron chi connectivity index (χ2n) is 9.48. The number of nitrogens with zero attached hydrogens (tertiary/aromatic N) is 2. The van der Waals surface area contributed by atoms with Crippen molar-refractivity contribution in [2.75, 3.05) is 6.54 Å². The largest absolute Gasteiger partial charge is 0.505 e. The van der Waals surface area contributed by atoms with E-state index < -0.39 is 16.1 Å². The average molecular weight is 536 g/mol. The van der Waals surface area contributed by atoms with E-state index >= 15 is 0 Å². The van der Waals surface area contributed by atoms with E-state index in [1.54, 1.807) is 60.7 Å². The summed E-state index contributed by atoms with van der Waals surface area (Å²) >= 11 is 0. The molecule has 0 spiro atoms. The SMILES string of the molecule is Cc1ccc(S(=O)(=O)NC[C@@H](c2ccccc2)n2c(C3=Nc4ccccc4C3=O)c(O)c3ccccc32)cc1. The van der Waals surface area contributed by atoms with Gasteiger partial charge in [0.1, 0.15) is 11.4 Å². The summed E-state index contributed by atoms with van der Waals surface area (Å²) in [5, 5.41) is 12.0. The Hall–Kier alpha value is -4.53. The van der Waals surface area contributed by atoms with Crippen molar-refractivity contribution >= 4 is 38.1 Å². The monoisotopic (exact) mass is 535 g/mol. The number of Topliss-reactive ketones (excluding diaryl/α,β-unsaturated/α-hetero) is 1. The van der Waals surface area contributed by atoms with Gasteiger partial charge in [-0.15, -0.1) is 0 Å². The van der Waals surface area contributed by atoms with E-state index in [-0.39, 0.29) is 34.4 Å². The van der Waals surface area contributed by atoms with E-state index in [1.807, 2.05) is 54.0 Å². The number of aliphatic imine (C=N–C) groups is 1. The first kappa shape index (κ1) is 24.8. The lowest BCUT2D eigenvalue weighted by atomic mass is 10.0. The molecule has 0 bridgehead atoms. The van der Waals surface area contributed by atoms with E-state index in [2.05, 4.69) is 9.71 Å². The minimum absolute atomic E-state index is 0.0280. The van der Waals surface area contributed by atoms with Gasteiger partial charge in [-0.2, -0.15) is 0 Å². The number of sulfonamides is 1. The van der Waals surface area contributed by atoms with Crippen LogP contribution < -0.4 is 4.72 Å². The lowest BCUT2D eigenvalue weighted by molar-refractivity contribution is 0.106. The summed E-state index contributed by atoms with van der Waals surface area (Å²) in [7, 11) is -3.84. The highest BCUT2D eigenvalue weighted by molar-refractivity contribution is 7.89.